The zero-order valence-electron chi connectivity index (χ0n) is 74.2. The molecule has 5 heterocycles. The number of amides is 14. The molecule has 3 aromatic heterocycles. The Labute approximate surface area is 748 Å². The molecule has 0 radical (unpaired) electrons. The van der Waals surface area contributed by atoms with E-state index in [1.807, 2.05) is 58.0 Å². The van der Waals surface area contributed by atoms with Gasteiger partial charge in [-0.1, -0.05) is 120 Å². The van der Waals surface area contributed by atoms with E-state index in [4.69, 9.17) is 16.9 Å². The highest BCUT2D eigenvalue weighted by Gasteiger charge is 2.43. The molecule has 694 valence electrons. The first kappa shape index (κ1) is 101. The van der Waals surface area contributed by atoms with E-state index in [0.717, 1.165) is 32.5 Å². The van der Waals surface area contributed by atoms with Gasteiger partial charge in [0.25, 0.3) is 0 Å². The monoisotopic (exact) mass is 1790 g/mol. The predicted molar refractivity (Wildman–Crippen MR) is 479 cm³/mol. The first-order valence-corrected chi connectivity index (χ1v) is 44.7. The standard InChI is InChI=1S/C89H125N21O17S/c1-10-12-30-71-83(122)101-65(29-21-33-94-89(91)92)81(120)105-70(80(119)97-45-75(90)114)49-128-50-76(115)100-68(36-54-23-15-14-16-24-54)86(125)107(7)53(5)78(117)98-46-77(116)110-34-22-32-72(110)84(123)102-66(41-59-44-93-51-99-59)82(121)104-67(35-52(3)4)85(124)106(6)47-60(112)38-55(37-56-42-95-63-27-19-17-25-61(56)63)74(113)40-58(48-111)79(118)103-69(39-57-43-96-64-28-20-18-26-62(57)64)87(126)109(9)73(31-13-11-2)88(127)108(71)8/h14-20,23-28,42-44,51-53,55,58,65-73,95-96,111H,10-13,21-22,29-41,45-50H2,1-9H3,(H2,90,114)(H,93,99)(H,97,119)(H,98,117)(H,100,115)(H,101,122)(H,102,123)(H,103,118)(H,104,121)(H,105,120)(H4,91,92,94)/t53-,55+,58-,65-,66-,67-,68-,69-,70-,71-,72-,73-/m0/s1. The van der Waals surface area contributed by atoms with E-state index < -0.39 is 217 Å². The van der Waals surface area contributed by atoms with Gasteiger partial charge in [-0.2, -0.15) is 0 Å². The molecule has 2 saturated heterocycles. The number of benzene rings is 3. The molecule has 0 bridgehead atoms. The minimum Gasteiger partial charge on any atom is -0.396 e. The van der Waals surface area contributed by atoms with Crippen LogP contribution in [0, 0.1) is 23.2 Å². The molecule has 0 unspecified atom stereocenters. The maximum atomic E-state index is 15.7. The smallest absolute Gasteiger partial charge is 0.245 e. The Hall–Kier alpha value is -12.6. The number of carbonyl (C=O) groups is 16. The van der Waals surface area contributed by atoms with Crippen molar-refractivity contribution in [2.24, 2.45) is 29.2 Å². The number of rotatable bonds is 24. The zero-order valence-corrected chi connectivity index (χ0v) is 75.0. The number of H-pyrrole nitrogens is 3. The Morgan fingerprint density at radius 3 is 1.82 bits per heavy atom. The van der Waals surface area contributed by atoms with Crippen molar-refractivity contribution < 1.29 is 81.8 Å². The SMILES string of the molecule is CCCC[C@H]1C(=O)N(C)[C@@H](CCCC)C(=O)N[C@@H](CCCNC(=N)N)C(=O)N[C@H](C(=O)NCC(N)=O)CSCC(=O)N[C@@H](Cc2ccccc2)C(=O)N(C)[C@@H](C)C(=O)NCC(=O)N2CCC[C@H]2C(=O)N[C@@H](Cc2cnc[nH]2)C(=O)N[C@@H](CC(C)C)C(=O)N(C)CC(=O)C[C@@H](Cc2c[nH]c3ccccc23)C(=O)C[C@@H](CO)C(=O)N[C@@H](Cc2c[nH]c3ccccc23)C(=O)N1C. The Bertz CT molecular complexity index is 4870. The number of guanidine groups is 1. The van der Waals surface area contributed by atoms with Gasteiger partial charge in [-0.15, -0.1) is 11.8 Å². The number of imidazole rings is 1. The molecule has 12 atom stereocenters. The van der Waals surface area contributed by atoms with E-state index in [0.29, 0.717) is 65.4 Å². The fourth-order valence-corrected chi connectivity index (χ4v) is 16.7. The van der Waals surface area contributed by atoms with Crippen LogP contribution < -0.4 is 59.3 Å². The Morgan fingerprint density at radius 1 is 0.602 bits per heavy atom. The third kappa shape index (κ3) is 29.3. The van der Waals surface area contributed by atoms with Gasteiger partial charge in [0.2, 0.25) is 82.7 Å². The summed E-state index contributed by atoms with van der Waals surface area (Å²) < 4.78 is 0. The molecule has 0 spiro atoms. The van der Waals surface area contributed by atoms with Gasteiger partial charge in [-0.25, -0.2) is 4.98 Å². The number of hydrogen-bond acceptors (Lipinski definition) is 20. The number of aliphatic hydroxyl groups is 1. The van der Waals surface area contributed by atoms with Gasteiger partial charge in [-0.05, 0) is 93.0 Å². The van der Waals surface area contributed by atoms with Crippen LogP contribution in [-0.2, 0) is 102 Å². The van der Waals surface area contributed by atoms with Crippen LogP contribution in [0.2, 0.25) is 0 Å². The third-order valence-electron chi connectivity index (χ3n) is 23.1. The lowest BCUT2D eigenvalue weighted by atomic mass is 9.85. The van der Waals surface area contributed by atoms with E-state index in [1.54, 1.807) is 60.9 Å². The van der Waals surface area contributed by atoms with E-state index in [9.17, 15) is 57.8 Å². The predicted octanol–water partition coefficient (Wildman–Crippen LogP) is 0.799. The number of primary amides is 1. The molecule has 3 aromatic carbocycles. The first-order chi connectivity index (χ1) is 61.1. The molecule has 128 heavy (non-hydrogen) atoms. The minimum atomic E-state index is -1.56. The highest BCUT2D eigenvalue weighted by Crippen LogP contribution is 2.28. The molecule has 0 aliphatic carbocycles. The maximum absolute atomic E-state index is 15.7. The molecule has 0 saturated carbocycles. The molecule has 39 heteroatoms. The summed E-state index contributed by atoms with van der Waals surface area (Å²) in [6.45, 7) is 6.03. The molecule has 6 aromatic rings. The number of fused-ring (bicyclic) bond motifs is 3. The van der Waals surface area contributed by atoms with Crippen LogP contribution in [0.4, 0.5) is 0 Å². The van der Waals surface area contributed by atoms with Crippen LogP contribution in [-0.4, -0.2) is 289 Å². The summed E-state index contributed by atoms with van der Waals surface area (Å²) in [7, 11) is 5.45. The summed E-state index contributed by atoms with van der Waals surface area (Å²) >= 11 is 0.833. The average molecular weight is 1790 g/mol. The normalized spacial score (nSPS) is 23.4. The van der Waals surface area contributed by atoms with Gasteiger partial charge in [0.1, 0.15) is 66.2 Å². The van der Waals surface area contributed by atoms with Gasteiger partial charge < -0.3 is 104 Å². The van der Waals surface area contributed by atoms with Gasteiger partial charge in [0.05, 0.1) is 44.2 Å². The summed E-state index contributed by atoms with van der Waals surface area (Å²) in [5, 5.41) is 44.7. The summed E-state index contributed by atoms with van der Waals surface area (Å²) in [5.74, 6) is -16.7. The quantitative estimate of drug-likeness (QED) is 0.0226. The van der Waals surface area contributed by atoms with E-state index in [2.05, 4.69) is 67.8 Å². The van der Waals surface area contributed by atoms with Crippen molar-refractivity contribution >= 4 is 134 Å². The average Bonchev–Trinajstić information content (AvgIpc) is 1.65. The van der Waals surface area contributed by atoms with Crippen molar-refractivity contribution in [3.8, 4) is 0 Å². The highest BCUT2D eigenvalue weighted by molar-refractivity contribution is 8.00. The largest absolute Gasteiger partial charge is 0.396 e. The van der Waals surface area contributed by atoms with Crippen molar-refractivity contribution in [3.05, 3.63) is 126 Å². The van der Waals surface area contributed by atoms with Crippen LogP contribution in [0.5, 0.6) is 0 Å². The number of nitrogens with one attached hydrogen (secondary N) is 13. The van der Waals surface area contributed by atoms with Gasteiger partial charge in [0, 0.05) is 131 Å². The van der Waals surface area contributed by atoms with Crippen molar-refractivity contribution in [2.45, 2.75) is 204 Å². The second kappa shape index (κ2) is 49.5. The number of likely N-dealkylation sites (N-methyl/N-ethyl adjacent to an activating group) is 4. The number of thioether (sulfide) groups is 1. The number of unbranched alkanes of at least 4 members (excludes halogenated alkanes) is 2. The molecule has 2 fully saturated rings. The molecule has 2 aliphatic rings. The van der Waals surface area contributed by atoms with Crippen LogP contribution in [0.25, 0.3) is 21.8 Å². The molecule has 2 aliphatic heterocycles. The van der Waals surface area contributed by atoms with Crippen molar-refractivity contribution in [1.29, 1.82) is 5.41 Å². The summed E-state index contributed by atoms with van der Waals surface area (Å²) in [4.78, 5) is 253. The second-order valence-electron chi connectivity index (χ2n) is 33.3. The van der Waals surface area contributed by atoms with Gasteiger partial charge >= 0.3 is 0 Å². The van der Waals surface area contributed by atoms with Gasteiger partial charge in [-0.3, -0.25) is 82.1 Å². The van der Waals surface area contributed by atoms with Crippen LogP contribution in [0.15, 0.2) is 104 Å². The fraction of sp³-hybridized carbons (Fsp3) is 0.528. The van der Waals surface area contributed by atoms with Crippen LogP contribution in [0.1, 0.15) is 140 Å². The molecular formula is C89H125N21O17S. The first-order valence-electron chi connectivity index (χ1n) is 43.5. The number of ketones is 2. The number of aliphatic hydroxyl groups excluding tert-OH is 1. The minimum absolute atomic E-state index is 0.0234. The zero-order chi connectivity index (χ0) is 93.4. The lowest BCUT2D eigenvalue weighted by molar-refractivity contribution is -0.149. The fourth-order valence-electron chi connectivity index (χ4n) is 15.8. The van der Waals surface area contributed by atoms with E-state index in [-0.39, 0.29) is 89.0 Å². The van der Waals surface area contributed by atoms with E-state index in [1.165, 1.54) is 62.3 Å². The Balaban J connectivity index is 1.16. The summed E-state index contributed by atoms with van der Waals surface area (Å²) in [6, 6.07) is 9.38. The lowest BCUT2D eigenvalue weighted by Gasteiger charge is -2.36. The summed E-state index contributed by atoms with van der Waals surface area (Å²) in [5.41, 5.74) is 14.7. The topological polar surface area (TPSA) is 554 Å². The Morgan fingerprint density at radius 2 is 1.20 bits per heavy atom. The number of hydrogen-bond donors (Lipinski definition) is 16. The molecule has 8 rings (SSSR count). The molecule has 18 N–H and O–H groups in total. The summed E-state index contributed by atoms with van der Waals surface area (Å²) in [6.07, 6.45) is 6.79. The Kier molecular flexibility index (Phi) is 39.0. The van der Waals surface area contributed by atoms with Crippen molar-refractivity contribution in [3.63, 3.8) is 0 Å². The van der Waals surface area contributed by atoms with Gasteiger partial charge in [0.15, 0.2) is 11.7 Å². The molecular weight excluding hydrogens is 1670 g/mol. The maximum Gasteiger partial charge on any atom is 0.245 e. The number of nitrogens with zero attached hydrogens (tertiary/aromatic N) is 6. The second-order valence-corrected chi connectivity index (χ2v) is 34.4. The van der Waals surface area contributed by atoms with Crippen molar-refractivity contribution in [2.75, 3.05) is 79.0 Å². The lowest BCUT2D eigenvalue weighted by Crippen LogP contribution is -2.60. The van der Waals surface area contributed by atoms with Crippen LogP contribution in [0.3, 0.4) is 0 Å². The number of aromatic amines is 3. The number of aromatic nitrogens is 4. The van der Waals surface area contributed by atoms with Crippen molar-refractivity contribution in [1.82, 2.24) is 92.3 Å². The van der Waals surface area contributed by atoms with Crippen LogP contribution >= 0.6 is 11.8 Å². The molecule has 14 amide bonds. The number of carbonyl (C=O) groups excluding carboxylic acids is 16. The highest BCUT2D eigenvalue weighted by atomic mass is 32.2. The number of nitrogens with two attached hydrogens (primary N) is 2. The number of Topliss-reactive ketones (excluding diaryl/α,β-unsaturated/α-hetero) is 2. The number of para-hydroxylation sites is 2. The third-order valence-corrected chi connectivity index (χ3v) is 24.2. The van der Waals surface area contributed by atoms with E-state index >= 15 is 24.0 Å². The molecule has 38 nitrogen and oxygen atoms in total.